The van der Waals surface area contributed by atoms with E-state index in [1.807, 2.05) is 35.0 Å². The van der Waals surface area contributed by atoms with Gasteiger partial charge in [-0.05, 0) is 73.9 Å². The number of fused-ring (bicyclic) bond motifs is 1. The third-order valence-corrected chi connectivity index (χ3v) is 7.04. The number of hydrogen-bond acceptors (Lipinski definition) is 5. The summed E-state index contributed by atoms with van der Waals surface area (Å²) in [5, 5.41) is 5.88. The Labute approximate surface area is 209 Å². The molecule has 3 aromatic rings. The summed E-state index contributed by atoms with van der Waals surface area (Å²) in [6.45, 7) is 2.67. The molecule has 0 radical (unpaired) electrons. The smallest absolute Gasteiger partial charge is 0.359 e. The van der Waals surface area contributed by atoms with E-state index in [0.29, 0.717) is 40.6 Å². The van der Waals surface area contributed by atoms with Crippen LogP contribution in [0.2, 0.25) is 10.0 Å². The molecule has 0 aliphatic heterocycles. The number of carbonyl (C=O) groups excluding carboxylic acids is 1. The van der Waals surface area contributed by atoms with Gasteiger partial charge in [0.05, 0.1) is 32.4 Å². The first kappa shape index (κ1) is 24.4. The average molecular weight is 503 g/mol. The number of methoxy groups -OCH3 is 2. The van der Waals surface area contributed by atoms with Crippen molar-refractivity contribution in [2.75, 3.05) is 20.8 Å². The van der Waals surface area contributed by atoms with Crippen LogP contribution in [-0.2, 0) is 30.5 Å². The highest BCUT2D eigenvalue weighted by Crippen LogP contribution is 2.38. The molecule has 0 saturated carbocycles. The molecular formula is C26H28Cl2N2O4. The number of benzene rings is 2. The van der Waals surface area contributed by atoms with Crippen molar-refractivity contribution in [3.05, 3.63) is 74.5 Å². The van der Waals surface area contributed by atoms with Gasteiger partial charge in [-0.2, -0.15) is 5.10 Å². The van der Waals surface area contributed by atoms with Gasteiger partial charge in [0.1, 0.15) is 11.5 Å². The second kappa shape index (κ2) is 10.7. The highest BCUT2D eigenvalue weighted by Gasteiger charge is 2.30. The van der Waals surface area contributed by atoms with E-state index in [-0.39, 0.29) is 5.97 Å². The number of hydrogen-bond donors (Lipinski definition) is 0. The van der Waals surface area contributed by atoms with Gasteiger partial charge in [-0.25, -0.2) is 4.79 Å². The maximum atomic E-state index is 12.6. The molecule has 34 heavy (non-hydrogen) atoms. The summed E-state index contributed by atoms with van der Waals surface area (Å²) in [7, 11) is 3.24. The first-order valence-electron chi connectivity index (χ1n) is 11.3. The lowest BCUT2D eigenvalue weighted by molar-refractivity contribution is 0.0517. The van der Waals surface area contributed by atoms with Gasteiger partial charge >= 0.3 is 5.97 Å². The minimum Gasteiger partial charge on any atom is -0.497 e. The molecule has 1 heterocycles. The average Bonchev–Trinajstić information content (AvgIpc) is 3.20. The van der Waals surface area contributed by atoms with Crippen molar-refractivity contribution in [3.63, 3.8) is 0 Å². The monoisotopic (exact) mass is 502 g/mol. The predicted molar refractivity (Wildman–Crippen MR) is 133 cm³/mol. The second-order valence-corrected chi connectivity index (χ2v) is 9.14. The Morgan fingerprint density at radius 2 is 1.88 bits per heavy atom. The third kappa shape index (κ3) is 5.03. The number of ether oxygens (including phenoxy) is 3. The molecule has 0 amide bonds. The number of nitrogens with zero attached hydrogens (tertiary/aromatic N) is 2. The number of esters is 1. The van der Waals surface area contributed by atoms with Gasteiger partial charge < -0.3 is 14.2 Å². The van der Waals surface area contributed by atoms with E-state index in [1.165, 1.54) is 0 Å². The maximum Gasteiger partial charge on any atom is 0.359 e. The van der Waals surface area contributed by atoms with Crippen molar-refractivity contribution >= 4 is 29.2 Å². The summed E-state index contributed by atoms with van der Waals surface area (Å²) in [6, 6.07) is 11.5. The molecule has 1 unspecified atom stereocenters. The third-order valence-electron chi connectivity index (χ3n) is 6.27. The summed E-state index contributed by atoms with van der Waals surface area (Å²) in [6.07, 6.45) is 3.13. The fourth-order valence-corrected chi connectivity index (χ4v) is 5.13. The van der Waals surface area contributed by atoms with Crippen LogP contribution in [0.3, 0.4) is 0 Å². The number of rotatable bonds is 8. The maximum absolute atomic E-state index is 12.6. The quantitative estimate of drug-likeness (QED) is 0.365. The molecular weight excluding hydrogens is 475 g/mol. The molecule has 0 bridgehead atoms. The SMILES string of the molecule is CCOC(=O)c1nn(Cc2ccc(OC)cc2)c2c1CCC(Cc1c(Cl)ccc(OC)c1Cl)C2. The molecule has 180 valence electrons. The Kier molecular flexibility index (Phi) is 7.69. The lowest BCUT2D eigenvalue weighted by Crippen LogP contribution is -2.20. The number of halogens is 2. The van der Waals surface area contributed by atoms with Crippen molar-refractivity contribution in [2.24, 2.45) is 5.92 Å². The molecule has 6 nitrogen and oxygen atoms in total. The summed E-state index contributed by atoms with van der Waals surface area (Å²) >= 11 is 13.1. The van der Waals surface area contributed by atoms with Crippen molar-refractivity contribution < 1.29 is 19.0 Å². The fraction of sp³-hybridized carbons (Fsp3) is 0.385. The van der Waals surface area contributed by atoms with E-state index in [2.05, 4.69) is 0 Å². The van der Waals surface area contributed by atoms with Gasteiger partial charge in [-0.3, -0.25) is 4.68 Å². The van der Waals surface area contributed by atoms with Gasteiger partial charge in [0.2, 0.25) is 0 Å². The van der Waals surface area contributed by atoms with Crippen LogP contribution in [0.1, 0.15) is 46.2 Å². The predicted octanol–water partition coefficient (Wildman–Crippen LogP) is 5.78. The van der Waals surface area contributed by atoms with Crippen molar-refractivity contribution in [1.82, 2.24) is 9.78 Å². The van der Waals surface area contributed by atoms with E-state index in [0.717, 1.165) is 53.8 Å². The molecule has 1 aromatic heterocycles. The Morgan fingerprint density at radius 1 is 1.12 bits per heavy atom. The van der Waals surface area contributed by atoms with Crippen LogP contribution in [0.5, 0.6) is 11.5 Å². The van der Waals surface area contributed by atoms with Gasteiger partial charge in [-0.1, -0.05) is 35.3 Å². The zero-order valence-electron chi connectivity index (χ0n) is 19.6. The van der Waals surface area contributed by atoms with Crippen LogP contribution in [-0.4, -0.2) is 36.6 Å². The van der Waals surface area contributed by atoms with Crippen molar-refractivity contribution in [1.29, 1.82) is 0 Å². The van der Waals surface area contributed by atoms with Gasteiger partial charge in [-0.15, -0.1) is 0 Å². The van der Waals surface area contributed by atoms with Gasteiger partial charge in [0.25, 0.3) is 0 Å². The molecule has 1 aliphatic rings. The molecule has 0 fully saturated rings. The summed E-state index contributed by atoms with van der Waals surface area (Å²) < 4.78 is 17.9. The van der Waals surface area contributed by atoms with Gasteiger partial charge in [0, 0.05) is 16.3 Å². The van der Waals surface area contributed by atoms with E-state index >= 15 is 0 Å². The van der Waals surface area contributed by atoms with Crippen molar-refractivity contribution in [2.45, 2.75) is 39.2 Å². The Morgan fingerprint density at radius 3 is 2.56 bits per heavy atom. The van der Waals surface area contributed by atoms with Crippen LogP contribution in [0, 0.1) is 5.92 Å². The van der Waals surface area contributed by atoms with Crippen LogP contribution in [0.25, 0.3) is 0 Å². The van der Waals surface area contributed by atoms with Crippen LogP contribution < -0.4 is 9.47 Å². The second-order valence-electron chi connectivity index (χ2n) is 8.36. The molecule has 1 atom stereocenters. The molecule has 0 saturated heterocycles. The zero-order chi connectivity index (χ0) is 24.2. The fourth-order valence-electron chi connectivity index (χ4n) is 4.53. The normalized spacial score (nSPS) is 15.0. The van der Waals surface area contributed by atoms with E-state index in [9.17, 15) is 4.79 Å². The molecule has 4 rings (SSSR count). The van der Waals surface area contributed by atoms with Crippen LogP contribution in [0.4, 0.5) is 0 Å². The summed E-state index contributed by atoms with van der Waals surface area (Å²) in [4.78, 5) is 12.6. The Hall–Kier alpha value is -2.70. The topological polar surface area (TPSA) is 62.6 Å². The van der Waals surface area contributed by atoms with Crippen molar-refractivity contribution in [3.8, 4) is 11.5 Å². The minimum absolute atomic E-state index is 0.302. The first-order valence-corrected chi connectivity index (χ1v) is 12.1. The van der Waals surface area contributed by atoms with E-state index in [1.54, 1.807) is 27.2 Å². The Balaban J connectivity index is 1.64. The molecule has 8 heteroatoms. The number of aromatic nitrogens is 2. The lowest BCUT2D eigenvalue weighted by atomic mass is 9.83. The lowest BCUT2D eigenvalue weighted by Gasteiger charge is -2.25. The van der Waals surface area contributed by atoms with E-state index in [4.69, 9.17) is 42.5 Å². The molecule has 0 spiro atoms. The van der Waals surface area contributed by atoms with Crippen LogP contribution in [0.15, 0.2) is 36.4 Å². The first-order chi connectivity index (χ1) is 16.4. The number of carbonyl (C=O) groups is 1. The van der Waals surface area contributed by atoms with E-state index < -0.39 is 0 Å². The molecule has 2 aromatic carbocycles. The van der Waals surface area contributed by atoms with Gasteiger partial charge in [0.15, 0.2) is 5.69 Å². The molecule has 0 N–H and O–H groups in total. The highest BCUT2D eigenvalue weighted by molar-refractivity contribution is 6.36. The Bertz CT molecular complexity index is 1170. The minimum atomic E-state index is -0.371. The zero-order valence-corrected chi connectivity index (χ0v) is 21.1. The largest absolute Gasteiger partial charge is 0.497 e. The highest BCUT2D eigenvalue weighted by atomic mass is 35.5. The van der Waals surface area contributed by atoms with Crippen LogP contribution >= 0.6 is 23.2 Å². The molecule has 1 aliphatic carbocycles. The summed E-state index contributed by atoms with van der Waals surface area (Å²) in [5.41, 5.74) is 4.42. The standard InChI is InChI=1S/C26H28Cl2N2O4/c1-4-34-26(31)25-19-10-7-17(13-20-21(27)11-12-23(33-3)24(20)28)14-22(19)30(29-25)15-16-5-8-18(32-2)9-6-16/h5-6,8-9,11-12,17H,4,7,10,13-15H2,1-3H3. The summed E-state index contributed by atoms with van der Waals surface area (Å²) in [5.74, 6) is 1.35.